The number of rotatable bonds is 12. The molecule has 0 saturated carbocycles. The van der Waals surface area contributed by atoms with Crippen LogP contribution in [0.15, 0.2) is 267 Å². The van der Waals surface area contributed by atoms with Crippen molar-refractivity contribution in [3.8, 4) is 22.3 Å². The Morgan fingerprint density at radius 3 is 0.800 bits per heavy atom. The topological polar surface area (TPSA) is 0 Å². The highest BCUT2D eigenvalue weighted by molar-refractivity contribution is 6.14. The molecule has 0 N–H and O–H groups in total. The van der Waals surface area contributed by atoms with Crippen LogP contribution in [-0.4, -0.2) is 0 Å². The number of hydrogen-bond acceptors (Lipinski definition) is 0. The van der Waals surface area contributed by atoms with Crippen LogP contribution >= 0.6 is 0 Å². The van der Waals surface area contributed by atoms with Gasteiger partial charge in [0.25, 0.3) is 0 Å². The minimum Gasteiger partial charge on any atom is -0.0622 e. The zero-order valence-corrected chi connectivity index (χ0v) is 38.9. The Hall–Kier alpha value is -9.10. The average Bonchev–Trinajstić information content (AvgIpc) is 3.44. The van der Waals surface area contributed by atoms with E-state index in [2.05, 4.69) is 303 Å². The first-order valence-electron chi connectivity index (χ1n) is 24.1. The summed E-state index contributed by atoms with van der Waals surface area (Å²) >= 11 is 0. The molecule has 0 spiro atoms. The van der Waals surface area contributed by atoms with Crippen LogP contribution in [0.5, 0.6) is 0 Å². The van der Waals surface area contributed by atoms with Gasteiger partial charge in [-0.1, -0.05) is 291 Å². The van der Waals surface area contributed by atoms with Crippen molar-refractivity contribution in [3.05, 3.63) is 323 Å². The Labute approximate surface area is 411 Å². The molecular weight excluding hydrogens is 841 g/mol. The quantitative estimate of drug-likeness (QED) is 0.0847. The van der Waals surface area contributed by atoms with Crippen molar-refractivity contribution >= 4 is 69.1 Å². The second-order valence-electron chi connectivity index (χ2n) is 17.6. The van der Waals surface area contributed by atoms with Gasteiger partial charge in [-0.15, -0.1) is 0 Å². The van der Waals surface area contributed by atoms with Gasteiger partial charge in [-0.25, -0.2) is 0 Å². The summed E-state index contributed by atoms with van der Waals surface area (Å²) in [6.07, 6.45) is 13.9. The standard InChI is InChI=1S/C70H50/c1-5-21-51(22-6-1)55-37-41-59(42-38-55)69(57-27-9-3-10-28-57)49-61-31-15-13-25-53(61)45-47-67-63-33-17-19-35-65(63)68(66-36-20-18-34-64(66)67)48-46-54-26-14-16-32-62(54)50-70(58-29-11-4-12-30-58)60-43-39-56(40-44-60)52-23-7-2-8-24-52/h1-50H. The maximum atomic E-state index is 2.34. The van der Waals surface area contributed by atoms with Crippen LogP contribution in [0.3, 0.4) is 0 Å². The summed E-state index contributed by atoms with van der Waals surface area (Å²) < 4.78 is 0. The molecule has 11 aromatic carbocycles. The van der Waals surface area contributed by atoms with E-state index in [4.69, 9.17) is 0 Å². The lowest BCUT2D eigenvalue weighted by Gasteiger charge is -2.14. The van der Waals surface area contributed by atoms with Crippen LogP contribution < -0.4 is 0 Å². The highest BCUT2D eigenvalue weighted by Crippen LogP contribution is 2.37. The monoisotopic (exact) mass is 890 g/mol. The van der Waals surface area contributed by atoms with Crippen molar-refractivity contribution in [1.29, 1.82) is 0 Å². The Balaban J connectivity index is 0.964. The molecule has 0 aliphatic rings. The molecule has 0 amide bonds. The summed E-state index contributed by atoms with van der Waals surface area (Å²) in [7, 11) is 0. The molecule has 0 heteroatoms. The first kappa shape index (κ1) is 43.5. The molecule has 11 rings (SSSR count). The molecule has 330 valence electrons. The smallest absolute Gasteiger partial charge is 0.00987 e. The predicted octanol–water partition coefficient (Wildman–Crippen LogP) is 18.8. The Morgan fingerprint density at radius 2 is 0.457 bits per heavy atom. The summed E-state index contributed by atoms with van der Waals surface area (Å²) in [6, 6.07) is 95.6. The lowest BCUT2D eigenvalue weighted by Crippen LogP contribution is -1.91. The molecular formula is C70H50. The third-order valence-corrected chi connectivity index (χ3v) is 13.2. The number of fused-ring (bicyclic) bond motifs is 2. The SMILES string of the molecule is C(=Cc1c2ccccc2c(C=Cc2ccccc2C=C(c2ccccc2)c2ccc(-c3ccccc3)cc2)c2ccccc12)c1ccccc1C=C(c1ccccc1)c1ccc(-c2ccccc2)cc1. The second-order valence-corrected chi connectivity index (χ2v) is 17.6. The van der Waals surface area contributed by atoms with E-state index in [-0.39, 0.29) is 0 Å². The maximum absolute atomic E-state index is 2.34. The number of benzene rings is 11. The fraction of sp³-hybridized carbons (Fsp3) is 0. The Morgan fingerprint density at radius 1 is 0.200 bits per heavy atom. The third-order valence-electron chi connectivity index (χ3n) is 13.2. The molecule has 0 aliphatic carbocycles. The van der Waals surface area contributed by atoms with Gasteiger partial charge in [0.05, 0.1) is 0 Å². The third kappa shape index (κ3) is 9.40. The van der Waals surface area contributed by atoms with Crippen LogP contribution in [0.1, 0.15) is 55.6 Å². The zero-order chi connectivity index (χ0) is 46.9. The van der Waals surface area contributed by atoms with Gasteiger partial charge < -0.3 is 0 Å². The normalized spacial score (nSPS) is 12.1. The van der Waals surface area contributed by atoms with Crippen LogP contribution in [0.4, 0.5) is 0 Å². The molecule has 0 unspecified atom stereocenters. The van der Waals surface area contributed by atoms with E-state index in [1.807, 2.05) is 0 Å². The highest BCUT2D eigenvalue weighted by atomic mass is 14.2. The summed E-state index contributed by atoms with van der Waals surface area (Å²) in [5.74, 6) is 0. The molecule has 11 aromatic rings. The summed E-state index contributed by atoms with van der Waals surface area (Å²) in [5.41, 5.74) is 18.9. The van der Waals surface area contributed by atoms with E-state index in [0.717, 1.165) is 22.3 Å². The molecule has 0 fully saturated rings. The molecule has 0 aliphatic heterocycles. The first-order chi connectivity index (χ1) is 34.7. The Bertz CT molecular complexity index is 3380. The second kappa shape index (κ2) is 20.4. The minimum atomic E-state index is 1.15. The largest absolute Gasteiger partial charge is 0.0622 e. The molecule has 0 atom stereocenters. The molecule has 0 bridgehead atoms. The van der Waals surface area contributed by atoms with Gasteiger partial charge in [0, 0.05) is 0 Å². The van der Waals surface area contributed by atoms with Crippen molar-refractivity contribution in [3.63, 3.8) is 0 Å². The van der Waals surface area contributed by atoms with Crippen molar-refractivity contribution in [1.82, 2.24) is 0 Å². The van der Waals surface area contributed by atoms with Gasteiger partial charge in [-0.05, 0) is 123 Å². The molecule has 0 heterocycles. The molecule has 0 saturated heterocycles. The summed E-state index contributed by atoms with van der Waals surface area (Å²) in [6.45, 7) is 0. The minimum absolute atomic E-state index is 1.15. The van der Waals surface area contributed by atoms with E-state index in [1.165, 1.54) is 88.3 Å². The van der Waals surface area contributed by atoms with E-state index in [1.54, 1.807) is 0 Å². The van der Waals surface area contributed by atoms with Crippen LogP contribution in [-0.2, 0) is 0 Å². The maximum Gasteiger partial charge on any atom is -0.00987 e. The van der Waals surface area contributed by atoms with Crippen molar-refractivity contribution in [2.24, 2.45) is 0 Å². The van der Waals surface area contributed by atoms with E-state index >= 15 is 0 Å². The first-order valence-corrected chi connectivity index (χ1v) is 24.1. The van der Waals surface area contributed by atoms with Crippen molar-refractivity contribution in [2.75, 3.05) is 0 Å². The van der Waals surface area contributed by atoms with E-state index in [0.29, 0.717) is 0 Å². The number of hydrogen-bond donors (Lipinski definition) is 0. The van der Waals surface area contributed by atoms with Gasteiger partial charge in [0.15, 0.2) is 0 Å². The average molecular weight is 891 g/mol. The van der Waals surface area contributed by atoms with Gasteiger partial charge in [-0.3, -0.25) is 0 Å². The van der Waals surface area contributed by atoms with Gasteiger partial charge in [0.1, 0.15) is 0 Å². The van der Waals surface area contributed by atoms with E-state index in [9.17, 15) is 0 Å². The summed E-state index contributed by atoms with van der Waals surface area (Å²) in [4.78, 5) is 0. The fourth-order valence-electron chi connectivity index (χ4n) is 9.65. The van der Waals surface area contributed by atoms with Crippen LogP contribution in [0, 0.1) is 0 Å². The van der Waals surface area contributed by atoms with Gasteiger partial charge >= 0.3 is 0 Å². The van der Waals surface area contributed by atoms with Crippen LogP contribution in [0.2, 0.25) is 0 Å². The van der Waals surface area contributed by atoms with Crippen molar-refractivity contribution < 1.29 is 0 Å². The molecule has 0 radical (unpaired) electrons. The molecule has 0 aromatic heterocycles. The molecule has 0 nitrogen and oxygen atoms in total. The van der Waals surface area contributed by atoms with Crippen molar-refractivity contribution in [2.45, 2.75) is 0 Å². The fourth-order valence-corrected chi connectivity index (χ4v) is 9.65. The molecule has 70 heavy (non-hydrogen) atoms. The Kier molecular flexibility index (Phi) is 12.7. The van der Waals surface area contributed by atoms with Gasteiger partial charge in [0.2, 0.25) is 0 Å². The lowest BCUT2D eigenvalue weighted by molar-refractivity contribution is 1.53. The van der Waals surface area contributed by atoms with Crippen LogP contribution in [0.25, 0.3) is 91.4 Å². The predicted molar refractivity (Wildman–Crippen MR) is 303 cm³/mol. The highest BCUT2D eigenvalue weighted by Gasteiger charge is 2.13. The van der Waals surface area contributed by atoms with E-state index < -0.39 is 0 Å². The van der Waals surface area contributed by atoms with Gasteiger partial charge in [-0.2, -0.15) is 0 Å². The zero-order valence-electron chi connectivity index (χ0n) is 38.9. The summed E-state index contributed by atoms with van der Waals surface area (Å²) in [5, 5.41) is 4.86. The lowest BCUT2D eigenvalue weighted by atomic mass is 9.90.